The van der Waals surface area contributed by atoms with Crippen LogP contribution in [0.15, 0.2) is 54.6 Å². The van der Waals surface area contributed by atoms with Gasteiger partial charge in [0.15, 0.2) is 0 Å². The van der Waals surface area contributed by atoms with Crippen molar-refractivity contribution in [2.75, 3.05) is 23.9 Å². The third-order valence-electron chi connectivity index (χ3n) is 5.26. The van der Waals surface area contributed by atoms with Crippen molar-refractivity contribution in [1.29, 1.82) is 0 Å². The Bertz CT molecular complexity index is 788. The zero-order valence-corrected chi connectivity index (χ0v) is 17.2. The van der Waals surface area contributed by atoms with Gasteiger partial charge in [-0.2, -0.15) is 0 Å². The maximum absolute atomic E-state index is 12.4. The molecule has 2 aromatic rings. The van der Waals surface area contributed by atoms with E-state index in [0.29, 0.717) is 11.8 Å². The lowest BCUT2D eigenvalue weighted by molar-refractivity contribution is -0.129. The summed E-state index contributed by atoms with van der Waals surface area (Å²) in [7, 11) is 1.90. The van der Waals surface area contributed by atoms with Crippen LogP contribution < -0.4 is 5.32 Å². The number of hydrogen-bond donors (Lipinski definition) is 1. The van der Waals surface area contributed by atoms with Crippen LogP contribution in [0.3, 0.4) is 0 Å². The Hall–Kier alpha value is -2.27. The van der Waals surface area contributed by atoms with Crippen molar-refractivity contribution in [3.63, 3.8) is 0 Å². The van der Waals surface area contributed by atoms with Crippen LogP contribution in [-0.2, 0) is 9.59 Å². The van der Waals surface area contributed by atoms with Gasteiger partial charge in [0.1, 0.15) is 0 Å². The summed E-state index contributed by atoms with van der Waals surface area (Å²) in [6.45, 7) is 0. The van der Waals surface area contributed by atoms with Gasteiger partial charge >= 0.3 is 0 Å². The first-order valence-electron chi connectivity index (χ1n) is 9.93. The van der Waals surface area contributed by atoms with Gasteiger partial charge < -0.3 is 10.2 Å². The molecule has 0 radical (unpaired) electrons. The van der Waals surface area contributed by atoms with E-state index in [1.807, 2.05) is 66.5 Å². The highest BCUT2D eigenvalue weighted by atomic mass is 32.2. The Morgan fingerprint density at radius 1 is 0.964 bits per heavy atom. The third-order valence-corrected chi connectivity index (χ3v) is 6.18. The zero-order chi connectivity index (χ0) is 19.8. The fraction of sp³-hybridized carbons (Fsp3) is 0.391. The highest BCUT2D eigenvalue weighted by Gasteiger charge is 2.22. The van der Waals surface area contributed by atoms with Gasteiger partial charge in [-0.1, -0.05) is 67.8 Å². The molecule has 4 nitrogen and oxygen atoms in total. The normalized spacial score (nSPS) is 14.5. The fourth-order valence-electron chi connectivity index (χ4n) is 3.65. The minimum absolute atomic E-state index is 0.0819. The summed E-state index contributed by atoms with van der Waals surface area (Å²) in [6.07, 6.45) is 5.89. The maximum Gasteiger partial charge on any atom is 0.234 e. The van der Waals surface area contributed by atoms with Crippen LogP contribution in [0.2, 0.25) is 0 Å². The smallest absolute Gasteiger partial charge is 0.234 e. The van der Waals surface area contributed by atoms with E-state index >= 15 is 0 Å². The summed E-state index contributed by atoms with van der Waals surface area (Å²) < 4.78 is 0. The van der Waals surface area contributed by atoms with Crippen molar-refractivity contribution in [3.05, 3.63) is 54.6 Å². The molecule has 0 bridgehead atoms. The number of nitrogens with one attached hydrogen (secondary N) is 1. The third kappa shape index (κ3) is 5.61. The van der Waals surface area contributed by atoms with E-state index < -0.39 is 0 Å². The van der Waals surface area contributed by atoms with E-state index in [0.717, 1.165) is 29.7 Å². The molecule has 5 heteroatoms. The molecule has 1 aliphatic carbocycles. The van der Waals surface area contributed by atoms with Crippen LogP contribution in [0.5, 0.6) is 0 Å². The predicted octanol–water partition coefficient (Wildman–Crippen LogP) is 4.82. The number of nitrogens with zero attached hydrogens (tertiary/aromatic N) is 1. The summed E-state index contributed by atoms with van der Waals surface area (Å²) in [5.41, 5.74) is 2.86. The van der Waals surface area contributed by atoms with Crippen LogP contribution in [0, 0.1) is 0 Å². The van der Waals surface area contributed by atoms with Crippen LogP contribution in [0.25, 0.3) is 11.1 Å². The van der Waals surface area contributed by atoms with Crippen molar-refractivity contribution in [2.24, 2.45) is 0 Å². The minimum Gasteiger partial charge on any atom is -0.342 e. The molecule has 0 aliphatic heterocycles. The zero-order valence-electron chi connectivity index (χ0n) is 16.4. The molecule has 0 aromatic heterocycles. The SMILES string of the molecule is CN(C(=O)CSCC(=O)Nc1ccccc1-c1ccccc1)C1CCCCC1. The summed E-state index contributed by atoms with van der Waals surface area (Å²) in [5, 5.41) is 2.99. The van der Waals surface area contributed by atoms with Gasteiger partial charge in [-0.05, 0) is 24.5 Å². The molecule has 2 amide bonds. The molecular weight excluding hydrogens is 368 g/mol. The van der Waals surface area contributed by atoms with E-state index in [1.54, 1.807) is 0 Å². The molecular formula is C23H28N2O2S. The van der Waals surface area contributed by atoms with Gasteiger partial charge in [0.25, 0.3) is 0 Å². The van der Waals surface area contributed by atoms with Crippen molar-refractivity contribution >= 4 is 29.3 Å². The number of hydrogen-bond acceptors (Lipinski definition) is 3. The van der Waals surface area contributed by atoms with Crippen LogP contribution in [0.4, 0.5) is 5.69 Å². The molecule has 0 atom stereocenters. The molecule has 0 spiro atoms. The second-order valence-corrected chi connectivity index (χ2v) is 8.23. The van der Waals surface area contributed by atoms with Gasteiger partial charge in [0.2, 0.25) is 11.8 Å². The lowest BCUT2D eigenvalue weighted by atomic mass is 9.94. The van der Waals surface area contributed by atoms with Gasteiger partial charge in [0, 0.05) is 24.3 Å². The van der Waals surface area contributed by atoms with Crippen molar-refractivity contribution < 1.29 is 9.59 Å². The monoisotopic (exact) mass is 396 g/mol. The van der Waals surface area contributed by atoms with Crippen molar-refractivity contribution in [2.45, 2.75) is 38.1 Å². The lowest BCUT2D eigenvalue weighted by Crippen LogP contribution is -2.39. The average Bonchev–Trinajstić information content (AvgIpc) is 2.74. The second-order valence-electron chi connectivity index (χ2n) is 7.25. The molecule has 0 saturated heterocycles. The largest absolute Gasteiger partial charge is 0.342 e. The summed E-state index contributed by atoms with van der Waals surface area (Å²) in [6, 6.07) is 18.2. The maximum atomic E-state index is 12.4. The molecule has 1 N–H and O–H groups in total. The Morgan fingerprint density at radius 3 is 2.39 bits per heavy atom. The first-order valence-corrected chi connectivity index (χ1v) is 11.1. The van der Waals surface area contributed by atoms with Crippen molar-refractivity contribution in [1.82, 2.24) is 4.90 Å². The molecule has 3 rings (SSSR count). The topological polar surface area (TPSA) is 49.4 Å². The van der Waals surface area contributed by atoms with Gasteiger partial charge in [-0.25, -0.2) is 0 Å². The van der Waals surface area contributed by atoms with Crippen molar-refractivity contribution in [3.8, 4) is 11.1 Å². The number of anilines is 1. The summed E-state index contributed by atoms with van der Waals surface area (Å²) in [4.78, 5) is 26.7. The quantitative estimate of drug-likeness (QED) is 0.730. The number of carbonyl (C=O) groups excluding carboxylic acids is 2. The molecule has 1 aliphatic rings. The number of amides is 2. The lowest BCUT2D eigenvalue weighted by Gasteiger charge is -2.31. The average molecular weight is 397 g/mol. The van der Waals surface area contributed by atoms with E-state index in [1.165, 1.54) is 31.0 Å². The van der Waals surface area contributed by atoms with E-state index in [9.17, 15) is 9.59 Å². The number of carbonyl (C=O) groups is 2. The van der Waals surface area contributed by atoms with Crippen LogP contribution >= 0.6 is 11.8 Å². The number of para-hydroxylation sites is 1. The molecule has 0 unspecified atom stereocenters. The van der Waals surface area contributed by atoms with Gasteiger partial charge in [0.05, 0.1) is 11.5 Å². The molecule has 28 heavy (non-hydrogen) atoms. The highest BCUT2D eigenvalue weighted by molar-refractivity contribution is 8.00. The van der Waals surface area contributed by atoms with Crippen LogP contribution in [-0.4, -0.2) is 41.3 Å². The number of benzene rings is 2. The standard InChI is InChI=1S/C23H28N2O2S/c1-25(19-12-6-3-7-13-19)23(27)17-28-16-22(26)24-21-15-9-8-14-20(21)18-10-4-2-5-11-18/h2,4-5,8-11,14-15,19H,3,6-7,12-13,16-17H2,1H3,(H,24,26). The minimum atomic E-state index is -0.0819. The first-order chi connectivity index (χ1) is 13.6. The Morgan fingerprint density at radius 2 is 1.64 bits per heavy atom. The van der Waals surface area contributed by atoms with E-state index in [4.69, 9.17) is 0 Å². The summed E-state index contributed by atoms with van der Waals surface area (Å²) >= 11 is 1.38. The predicted molar refractivity (Wildman–Crippen MR) is 117 cm³/mol. The first kappa shape index (κ1) is 20.5. The Kier molecular flexibility index (Phi) is 7.54. The molecule has 1 fully saturated rings. The molecule has 1 saturated carbocycles. The highest BCUT2D eigenvalue weighted by Crippen LogP contribution is 2.27. The Balaban J connectivity index is 1.49. The fourth-order valence-corrected chi connectivity index (χ4v) is 4.39. The summed E-state index contributed by atoms with van der Waals surface area (Å²) in [5.74, 6) is 0.657. The van der Waals surface area contributed by atoms with Gasteiger partial charge in [-0.3, -0.25) is 9.59 Å². The van der Waals surface area contributed by atoms with E-state index in [-0.39, 0.29) is 17.6 Å². The molecule has 0 heterocycles. The van der Waals surface area contributed by atoms with Gasteiger partial charge in [-0.15, -0.1) is 11.8 Å². The van der Waals surface area contributed by atoms with E-state index in [2.05, 4.69) is 5.32 Å². The van der Waals surface area contributed by atoms with Crippen LogP contribution in [0.1, 0.15) is 32.1 Å². The number of rotatable bonds is 7. The molecule has 148 valence electrons. The number of thioether (sulfide) groups is 1. The second kappa shape index (κ2) is 10.3. The molecule has 2 aromatic carbocycles. The Labute approximate surface area is 171 Å².